The van der Waals surface area contributed by atoms with Crippen molar-refractivity contribution in [1.29, 1.82) is 0 Å². The zero-order valence-electron chi connectivity index (χ0n) is 10.6. The van der Waals surface area contributed by atoms with E-state index in [1.165, 1.54) is 6.08 Å². The number of carbonyl (C=O) groups is 1. The van der Waals surface area contributed by atoms with E-state index >= 15 is 0 Å². The topological polar surface area (TPSA) is 49.3 Å². The molecule has 19 heavy (non-hydrogen) atoms. The maximum absolute atomic E-state index is 11.7. The zero-order valence-corrected chi connectivity index (χ0v) is 10.6. The van der Waals surface area contributed by atoms with Crippen molar-refractivity contribution in [3.05, 3.63) is 65.7 Å². The fourth-order valence-corrected chi connectivity index (χ4v) is 1.66. The highest BCUT2D eigenvalue weighted by Gasteiger charge is 1.97. The third-order valence-corrected chi connectivity index (χ3v) is 2.61. The van der Waals surface area contributed by atoms with Gasteiger partial charge in [-0.1, -0.05) is 24.3 Å². The highest BCUT2D eigenvalue weighted by atomic mass is 16.3. The Morgan fingerprint density at radius 1 is 1.16 bits per heavy atom. The van der Waals surface area contributed by atoms with Crippen LogP contribution in [0, 0.1) is 6.92 Å². The molecule has 0 aliphatic rings. The summed E-state index contributed by atoms with van der Waals surface area (Å²) < 4.78 is 0. The number of hydrogen-bond donors (Lipinski definition) is 2. The summed E-state index contributed by atoms with van der Waals surface area (Å²) >= 11 is 0. The van der Waals surface area contributed by atoms with Gasteiger partial charge in [-0.2, -0.15) is 0 Å². The molecular weight excluding hydrogens is 238 g/mol. The standard InChI is InChI=1S/C16H15NO2/c1-12-3-2-4-14(11-12)17-16(19)10-7-13-5-8-15(18)9-6-13/h2-11,18H,1H3,(H,17,19)/b10-7+. The minimum atomic E-state index is -0.182. The van der Waals surface area contributed by atoms with Crippen molar-refractivity contribution in [2.45, 2.75) is 6.92 Å². The third kappa shape index (κ3) is 4.00. The number of anilines is 1. The molecule has 1 amide bonds. The zero-order chi connectivity index (χ0) is 13.7. The van der Waals surface area contributed by atoms with Crippen LogP contribution in [0.15, 0.2) is 54.6 Å². The minimum Gasteiger partial charge on any atom is -0.508 e. The summed E-state index contributed by atoms with van der Waals surface area (Å²) in [5.41, 5.74) is 2.73. The van der Waals surface area contributed by atoms with Gasteiger partial charge in [0.1, 0.15) is 5.75 Å². The molecule has 0 heterocycles. The third-order valence-electron chi connectivity index (χ3n) is 2.61. The Labute approximate surface area is 112 Å². The predicted molar refractivity (Wildman–Crippen MR) is 76.9 cm³/mol. The van der Waals surface area contributed by atoms with Gasteiger partial charge < -0.3 is 10.4 Å². The lowest BCUT2D eigenvalue weighted by Gasteiger charge is -2.02. The number of benzene rings is 2. The molecule has 0 spiro atoms. The molecule has 3 nitrogen and oxygen atoms in total. The Morgan fingerprint density at radius 2 is 1.89 bits per heavy atom. The first-order chi connectivity index (χ1) is 9.13. The molecular formula is C16H15NO2. The summed E-state index contributed by atoms with van der Waals surface area (Å²) in [6.07, 6.45) is 3.17. The lowest BCUT2D eigenvalue weighted by Crippen LogP contribution is -2.07. The van der Waals surface area contributed by atoms with E-state index in [0.29, 0.717) is 0 Å². The van der Waals surface area contributed by atoms with Crippen LogP contribution in [0.25, 0.3) is 6.08 Å². The van der Waals surface area contributed by atoms with Crippen LogP contribution in [-0.2, 0) is 4.79 Å². The van der Waals surface area contributed by atoms with E-state index in [1.54, 1.807) is 30.3 Å². The maximum atomic E-state index is 11.7. The molecule has 0 atom stereocenters. The van der Waals surface area contributed by atoms with Crippen molar-refractivity contribution in [3.63, 3.8) is 0 Å². The molecule has 0 aliphatic heterocycles. The maximum Gasteiger partial charge on any atom is 0.248 e. The molecule has 0 radical (unpaired) electrons. The van der Waals surface area contributed by atoms with Crippen LogP contribution >= 0.6 is 0 Å². The average molecular weight is 253 g/mol. The predicted octanol–water partition coefficient (Wildman–Crippen LogP) is 3.35. The van der Waals surface area contributed by atoms with Gasteiger partial charge in [0.2, 0.25) is 5.91 Å². The van der Waals surface area contributed by atoms with Gasteiger partial charge in [-0.05, 0) is 48.4 Å². The van der Waals surface area contributed by atoms with Crippen LogP contribution in [0.1, 0.15) is 11.1 Å². The molecule has 0 bridgehead atoms. The Kier molecular flexibility index (Phi) is 3.98. The fraction of sp³-hybridized carbons (Fsp3) is 0.0625. The van der Waals surface area contributed by atoms with Gasteiger partial charge in [0, 0.05) is 11.8 Å². The fourth-order valence-electron chi connectivity index (χ4n) is 1.66. The summed E-state index contributed by atoms with van der Waals surface area (Å²) in [7, 11) is 0. The monoisotopic (exact) mass is 253 g/mol. The van der Waals surface area contributed by atoms with Gasteiger partial charge in [0.05, 0.1) is 0 Å². The SMILES string of the molecule is Cc1cccc(NC(=O)/C=C/c2ccc(O)cc2)c1. The molecule has 3 heteroatoms. The molecule has 0 saturated heterocycles. The summed E-state index contributed by atoms with van der Waals surface area (Å²) in [5, 5.41) is 11.9. The lowest BCUT2D eigenvalue weighted by atomic mass is 10.2. The van der Waals surface area contributed by atoms with E-state index in [2.05, 4.69) is 5.32 Å². The van der Waals surface area contributed by atoms with E-state index in [0.717, 1.165) is 16.8 Å². The minimum absolute atomic E-state index is 0.182. The van der Waals surface area contributed by atoms with Crippen molar-refractivity contribution in [2.75, 3.05) is 5.32 Å². The van der Waals surface area contributed by atoms with Gasteiger partial charge >= 0.3 is 0 Å². The number of aryl methyl sites for hydroxylation is 1. The summed E-state index contributed by atoms with van der Waals surface area (Å²) in [6.45, 7) is 1.97. The van der Waals surface area contributed by atoms with E-state index in [4.69, 9.17) is 5.11 Å². The van der Waals surface area contributed by atoms with Crippen LogP contribution < -0.4 is 5.32 Å². The number of carbonyl (C=O) groups excluding carboxylic acids is 1. The highest BCUT2D eigenvalue weighted by Crippen LogP contribution is 2.12. The van der Waals surface area contributed by atoms with Crippen LogP contribution in [0.3, 0.4) is 0 Å². The number of nitrogens with one attached hydrogen (secondary N) is 1. The molecule has 0 aliphatic carbocycles. The number of rotatable bonds is 3. The number of phenolic OH excluding ortho intramolecular Hbond substituents is 1. The van der Waals surface area contributed by atoms with Crippen LogP contribution in [0.4, 0.5) is 5.69 Å². The van der Waals surface area contributed by atoms with Gasteiger partial charge in [-0.3, -0.25) is 4.79 Å². The Bertz CT molecular complexity index is 600. The average Bonchev–Trinajstić information content (AvgIpc) is 2.38. The van der Waals surface area contributed by atoms with Gasteiger partial charge in [-0.25, -0.2) is 0 Å². The molecule has 2 aromatic rings. The van der Waals surface area contributed by atoms with Crippen molar-refractivity contribution in [2.24, 2.45) is 0 Å². The Morgan fingerprint density at radius 3 is 2.58 bits per heavy atom. The van der Waals surface area contributed by atoms with Crippen molar-refractivity contribution in [3.8, 4) is 5.75 Å². The summed E-state index contributed by atoms with van der Waals surface area (Å²) in [6, 6.07) is 14.3. The number of phenols is 1. The first-order valence-electron chi connectivity index (χ1n) is 5.98. The molecule has 2 aromatic carbocycles. The van der Waals surface area contributed by atoms with E-state index < -0.39 is 0 Å². The highest BCUT2D eigenvalue weighted by molar-refractivity contribution is 6.01. The van der Waals surface area contributed by atoms with E-state index in [9.17, 15) is 4.79 Å². The molecule has 0 fully saturated rings. The van der Waals surface area contributed by atoms with Crippen molar-refractivity contribution in [1.82, 2.24) is 0 Å². The number of hydrogen-bond acceptors (Lipinski definition) is 2. The molecule has 0 aromatic heterocycles. The van der Waals surface area contributed by atoms with Crippen LogP contribution in [0.2, 0.25) is 0 Å². The second-order valence-electron chi connectivity index (χ2n) is 4.28. The molecule has 2 rings (SSSR count). The van der Waals surface area contributed by atoms with Gasteiger partial charge in [-0.15, -0.1) is 0 Å². The van der Waals surface area contributed by atoms with E-state index in [1.807, 2.05) is 31.2 Å². The first kappa shape index (κ1) is 12.9. The smallest absolute Gasteiger partial charge is 0.248 e. The number of amides is 1. The molecule has 2 N–H and O–H groups in total. The van der Waals surface area contributed by atoms with Gasteiger partial charge in [0.25, 0.3) is 0 Å². The largest absolute Gasteiger partial charge is 0.508 e. The second kappa shape index (κ2) is 5.87. The lowest BCUT2D eigenvalue weighted by molar-refractivity contribution is -0.111. The van der Waals surface area contributed by atoms with Gasteiger partial charge in [0.15, 0.2) is 0 Å². The molecule has 96 valence electrons. The Hall–Kier alpha value is -2.55. The second-order valence-corrected chi connectivity index (χ2v) is 4.28. The number of aromatic hydroxyl groups is 1. The molecule has 0 saturated carbocycles. The van der Waals surface area contributed by atoms with E-state index in [-0.39, 0.29) is 11.7 Å². The van der Waals surface area contributed by atoms with Crippen LogP contribution in [-0.4, -0.2) is 11.0 Å². The van der Waals surface area contributed by atoms with Crippen molar-refractivity contribution >= 4 is 17.7 Å². The Balaban J connectivity index is 1.99. The van der Waals surface area contributed by atoms with Crippen molar-refractivity contribution < 1.29 is 9.90 Å². The normalized spacial score (nSPS) is 10.6. The molecule has 0 unspecified atom stereocenters. The summed E-state index contributed by atoms with van der Waals surface area (Å²) in [5.74, 6) is 0.0278. The first-order valence-corrected chi connectivity index (χ1v) is 5.98. The van der Waals surface area contributed by atoms with Crippen LogP contribution in [0.5, 0.6) is 5.75 Å². The summed E-state index contributed by atoms with van der Waals surface area (Å²) in [4.78, 5) is 11.7. The quantitative estimate of drug-likeness (QED) is 0.824.